The highest BCUT2D eigenvalue weighted by Crippen LogP contribution is 2.45. The number of carbonyl (C=O) groups is 1. The second-order valence-electron chi connectivity index (χ2n) is 6.79. The number of pyridine rings is 1. The standard InChI is InChI=1S/C22H14F5N3O2S/c1-32-18-14(4-3-11-28-18)21-30(29-19(33-21)12-7-9-13(23)10-8-12)20(31)17-15(22(25,26)27)5-2-6-16(17)24/h2-11,21H,1H3. The average Bonchev–Trinajstić information content (AvgIpc) is 3.23. The van der Waals surface area contributed by atoms with E-state index >= 15 is 0 Å². The van der Waals surface area contributed by atoms with Gasteiger partial charge in [0.05, 0.1) is 18.2 Å². The van der Waals surface area contributed by atoms with Crippen LogP contribution in [0.4, 0.5) is 22.0 Å². The van der Waals surface area contributed by atoms with Crippen LogP contribution >= 0.6 is 11.8 Å². The van der Waals surface area contributed by atoms with Gasteiger partial charge in [-0.15, -0.1) is 0 Å². The van der Waals surface area contributed by atoms with Gasteiger partial charge in [0.15, 0.2) is 0 Å². The summed E-state index contributed by atoms with van der Waals surface area (Å²) in [5, 5.41) is 4.16. The minimum Gasteiger partial charge on any atom is -0.481 e. The largest absolute Gasteiger partial charge is 0.481 e. The second kappa shape index (κ2) is 8.81. The number of thioether (sulfide) groups is 1. The van der Waals surface area contributed by atoms with Crippen molar-refractivity contribution in [2.75, 3.05) is 7.11 Å². The lowest BCUT2D eigenvalue weighted by atomic mass is 10.1. The van der Waals surface area contributed by atoms with Gasteiger partial charge in [-0.2, -0.15) is 18.3 Å². The molecule has 2 aromatic carbocycles. The van der Waals surface area contributed by atoms with E-state index in [0.717, 1.165) is 28.9 Å². The Labute approximate surface area is 188 Å². The van der Waals surface area contributed by atoms with Crippen LogP contribution in [0, 0.1) is 11.6 Å². The summed E-state index contributed by atoms with van der Waals surface area (Å²) < 4.78 is 73.8. The molecule has 170 valence electrons. The van der Waals surface area contributed by atoms with Crippen molar-refractivity contribution in [2.45, 2.75) is 11.6 Å². The predicted octanol–water partition coefficient (Wildman–Crippen LogP) is 5.64. The normalized spacial score (nSPS) is 16.0. The van der Waals surface area contributed by atoms with Crippen molar-refractivity contribution < 1.29 is 31.5 Å². The molecule has 0 saturated heterocycles. The Morgan fingerprint density at radius 1 is 1.06 bits per heavy atom. The number of rotatable bonds is 4. The van der Waals surface area contributed by atoms with Crippen LogP contribution in [0.1, 0.15) is 32.4 Å². The molecule has 1 atom stereocenters. The lowest BCUT2D eigenvalue weighted by Crippen LogP contribution is -2.29. The van der Waals surface area contributed by atoms with Crippen LogP contribution in [0.2, 0.25) is 0 Å². The Hall–Kier alpha value is -3.47. The van der Waals surface area contributed by atoms with Crippen molar-refractivity contribution in [1.29, 1.82) is 0 Å². The Morgan fingerprint density at radius 3 is 2.45 bits per heavy atom. The third-order valence-corrected chi connectivity index (χ3v) is 5.95. The van der Waals surface area contributed by atoms with Crippen molar-refractivity contribution >= 4 is 22.7 Å². The molecule has 1 unspecified atom stereocenters. The Balaban J connectivity index is 1.85. The number of hydrogen-bond donors (Lipinski definition) is 0. The molecule has 3 aromatic rings. The molecule has 0 aliphatic carbocycles. The van der Waals surface area contributed by atoms with E-state index in [9.17, 15) is 26.7 Å². The van der Waals surface area contributed by atoms with Gasteiger partial charge in [-0.1, -0.05) is 17.8 Å². The highest BCUT2D eigenvalue weighted by Gasteiger charge is 2.42. The fourth-order valence-electron chi connectivity index (χ4n) is 3.25. The number of hydrogen-bond acceptors (Lipinski definition) is 5. The summed E-state index contributed by atoms with van der Waals surface area (Å²) in [6, 6.07) is 10.6. The maximum Gasteiger partial charge on any atom is 0.417 e. The van der Waals surface area contributed by atoms with E-state index in [0.29, 0.717) is 17.2 Å². The molecule has 0 fully saturated rings. The van der Waals surface area contributed by atoms with Crippen LogP contribution in [0.3, 0.4) is 0 Å². The van der Waals surface area contributed by atoms with Crippen molar-refractivity contribution in [3.8, 4) is 5.88 Å². The van der Waals surface area contributed by atoms with E-state index in [4.69, 9.17) is 4.74 Å². The number of halogens is 5. The molecule has 11 heteroatoms. The highest BCUT2D eigenvalue weighted by atomic mass is 32.2. The number of methoxy groups -OCH3 is 1. The molecular weight excluding hydrogens is 465 g/mol. The molecule has 33 heavy (non-hydrogen) atoms. The fraction of sp³-hybridized carbons (Fsp3) is 0.136. The predicted molar refractivity (Wildman–Crippen MR) is 112 cm³/mol. The molecule has 0 N–H and O–H groups in total. The number of benzene rings is 2. The quantitative estimate of drug-likeness (QED) is 0.455. The van der Waals surface area contributed by atoms with E-state index in [1.54, 1.807) is 12.1 Å². The second-order valence-corrected chi connectivity index (χ2v) is 7.86. The van der Waals surface area contributed by atoms with E-state index in [1.807, 2.05) is 0 Å². The fourth-order valence-corrected chi connectivity index (χ4v) is 4.42. The van der Waals surface area contributed by atoms with E-state index in [2.05, 4.69) is 10.1 Å². The van der Waals surface area contributed by atoms with E-state index in [1.165, 1.54) is 37.6 Å². The minimum atomic E-state index is -4.97. The van der Waals surface area contributed by atoms with Gasteiger partial charge in [0.25, 0.3) is 5.91 Å². The molecule has 1 aliphatic rings. The zero-order chi connectivity index (χ0) is 23.8. The lowest BCUT2D eigenvalue weighted by Gasteiger charge is -2.23. The number of amides is 1. The van der Waals surface area contributed by atoms with E-state index in [-0.39, 0.29) is 10.9 Å². The molecule has 0 spiro atoms. The molecule has 0 radical (unpaired) electrons. The first-order valence-electron chi connectivity index (χ1n) is 9.40. The highest BCUT2D eigenvalue weighted by molar-refractivity contribution is 8.14. The maximum absolute atomic E-state index is 14.5. The molecule has 0 saturated carbocycles. The van der Waals surface area contributed by atoms with Gasteiger partial charge < -0.3 is 4.74 Å². The van der Waals surface area contributed by atoms with Crippen molar-refractivity contribution in [3.05, 3.63) is 94.7 Å². The average molecular weight is 479 g/mol. The third-order valence-electron chi connectivity index (χ3n) is 4.74. The van der Waals surface area contributed by atoms with Crippen LogP contribution in [-0.4, -0.2) is 28.1 Å². The number of alkyl halides is 3. The first-order chi connectivity index (χ1) is 15.7. The first kappa shape index (κ1) is 22.7. The van der Waals surface area contributed by atoms with Gasteiger partial charge >= 0.3 is 6.18 Å². The molecular formula is C22H14F5N3O2S. The number of ether oxygens (including phenoxy) is 1. The molecule has 0 bridgehead atoms. The van der Waals surface area contributed by atoms with Gasteiger partial charge in [0, 0.05) is 17.3 Å². The number of aromatic nitrogens is 1. The summed E-state index contributed by atoms with van der Waals surface area (Å²) in [5.74, 6) is -3.00. The smallest absolute Gasteiger partial charge is 0.417 e. The van der Waals surface area contributed by atoms with Crippen LogP contribution < -0.4 is 4.74 Å². The molecule has 5 nitrogen and oxygen atoms in total. The van der Waals surface area contributed by atoms with Gasteiger partial charge in [-0.3, -0.25) is 4.79 Å². The molecule has 2 heterocycles. The van der Waals surface area contributed by atoms with Gasteiger partial charge in [0.2, 0.25) is 5.88 Å². The molecule has 1 amide bonds. The van der Waals surface area contributed by atoms with Crippen LogP contribution in [-0.2, 0) is 6.18 Å². The topological polar surface area (TPSA) is 54.8 Å². The summed E-state index contributed by atoms with van der Waals surface area (Å²) >= 11 is 1.01. The van der Waals surface area contributed by atoms with Crippen molar-refractivity contribution in [2.24, 2.45) is 5.10 Å². The van der Waals surface area contributed by atoms with Crippen LogP contribution in [0.5, 0.6) is 5.88 Å². The van der Waals surface area contributed by atoms with Crippen molar-refractivity contribution in [3.63, 3.8) is 0 Å². The summed E-state index contributed by atoms with van der Waals surface area (Å²) in [4.78, 5) is 17.4. The van der Waals surface area contributed by atoms with Crippen LogP contribution in [0.15, 0.2) is 65.9 Å². The zero-order valence-corrected chi connectivity index (χ0v) is 17.6. The molecule has 4 rings (SSSR count). The SMILES string of the molecule is COc1ncccc1C1SC(c2ccc(F)cc2)=NN1C(=O)c1c(F)cccc1C(F)(F)F. The van der Waals surface area contributed by atoms with Crippen molar-refractivity contribution in [1.82, 2.24) is 9.99 Å². The summed E-state index contributed by atoms with van der Waals surface area (Å²) in [6.07, 6.45) is -3.53. The summed E-state index contributed by atoms with van der Waals surface area (Å²) in [6.45, 7) is 0. The van der Waals surface area contributed by atoms with Crippen LogP contribution in [0.25, 0.3) is 0 Å². The lowest BCUT2D eigenvalue weighted by molar-refractivity contribution is -0.138. The summed E-state index contributed by atoms with van der Waals surface area (Å²) in [5.41, 5.74) is -1.80. The number of carbonyl (C=O) groups excluding carboxylic acids is 1. The molecule has 1 aliphatic heterocycles. The third kappa shape index (κ3) is 4.40. The first-order valence-corrected chi connectivity index (χ1v) is 10.3. The Morgan fingerprint density at radius 2 is 1.79 bits per heavy atom. The molecule has 1 aromatic heterocycles. The van der Waals surface area contributed by atoms with Gasteiger partial charge in [0.1, 0.15) is 22.1 Å². The number of hydrazone groups is 1. The Kier molecular flexibility index (Phi) is 6.07. The van der Waals surface area contributed by atoms with Gasteiger partial charge in [-0.25, -0.2) is 18.8 Å². The monoisotopic (exact) mass is 479 g/mol. The summed E-state index contributed by atoms with van der Waals surface area (Å²) in [7, 11) is 1.35. The number of nitrogens with zero attached hydrogens (tertiary/aromatic N) is 3. The zero-order valence-electron chi connectivity index (χ0n) is 16.8. The minimum absolute atomic E-state index is 0.118. The Bertz CT molecular complexity index is 1230. The van der Waals surface area contributed by atoms with Gasteiger partial charge in [-0.05, 0) is 48.5 Å². The maximum atomic E-state index is 14.5. The van der Waals surface area contributed by atoms with E-state index < -0.39 is 40.2 Å².